The average Bonchev–Trinajstić information content (AvgIpc) is 2.71. The normalized spacial score (nSPS) is 25.3. The molecule has 1 saturated heterocycles. The first kappa shape index (κ1) is 11.2. The maximum atomic E-state index is 3.53. The van der Waals surface area contributed by atoms with Crippen molar-refractivity contribution in [1.29, 1.82) is 0 Å². The van der Waals surface area contributed by atoms with E-state index in [0.29, 0.717) is 6.04 Å². The van der Waals surface area contributed by atoms with Gasteiger partial charge < -0.3 is 5.32 Å². The van der Waals surface area contributed by atoms with E-state index in [1.165, 1.54) is 34.1 Å². The Balaban J connectivity index is 1.96. The van der Waals surface area contributed by atoms with Gasteiger partial charge in [-0.2, -0.15) is 0 Å². The quantitative estimate of drug-likeness (QED) is 0.798. The zero-order valence-electron chi connectivity index (χ0n) is 10.5. The molecule has 0 saturated carbocycles. The Hall–Kier alpha value is -0.860. The summed E-state index contributed by atoms with van der Waals surface area (Å²) in [5, 5.41) is 7.25. The molecule has 0 radical (unpaired) electrons. The zero-order chi connectivity index (χ0) is 11.8. The minimum atomic E-state index is 0.660. The van der Waals surface area contributed by atoms with E-state index in [4.69, 9.17) is 0 Å². The summed E-state index contributed by atoms with van der Waals surface area (Å²) in [6, 6.07) is 7.72. The Labute approximate surface area is 107 Å². The van der Waals surface area contributed by atoms with Gasteiger partial charge in [0.25, 0.3) is 0 Å². The summed E-state index contributed by atoms with van der Waals surface area (Å²) in [7, 11) is 0. The predicted molar refractivity (Wildman–Crippen MR) is 76.0 cm³/mol. The molecule has 90 valence electrons. The summed E-state index contributed by atoms with van der Waals surface area (Å²) in [5.74, 6) is 0.745. The molecule has 17 heavy (non-hydrogen) atoms. The second-order valence-corrected chi connectivity index (χ2v) is 6.16. The molecule has 0 amide bonds. The van der Waals surface area contributed by atoms with E-state index in [1.807, 2.05) is 11.3 Å². The molecule has 0 spiro atoms. The Morgan fingerprint density at radius 2 is 2.24 bits per heavy atom. The lowest BCUT2D eigenvalue weighted by Gasteiger charge is -2.28. The average molecular weight is 245 g/mol. The standard InChI is InChI=1S/C15H19NS/c1-10-9-17-15-4-3-12(8-14(10)15)13-5-6-16-11(2)7-13/h3-4,8-9,11,13,16H,5-7H2,1-2H3. The smallest absolute Gasteiger partial charge is 0.0345 e. The van der Waals surface area contributed by atoms with Gasteiger partial charge in [0, 0.05) is 10.7 Å². The fraction of sp³-hybridized carbons (Fsp3) is 0.467. The molecule has 1 fully saturated rings. The fourth-order valence-electron chi connectivity index (χ4n) is 2.86. The summed E-state index contributed by atoms with van der Waals surface area (Å²) in [4.78, 5) is 0. The van der Waals surface area contributed by atoms with Crippen LogP contribution in [0.4, 0.5) is 0 Å². The highest BCUT2D eigenvalue weighted by Gasteiger charge is 2.20. The molecule has 2 heterocycles. The Morgan fingerprint density at radius 1 is 1.35 bits per heavy atom. The van der Waals surface area contributed by atoms with Crippen LogP contribution in [0.25, 0.3) is 10.1 Å². The van der Waals surface area contributed by atoms with Gasteiger partial charge in [-0.3, -0.25) is 0 Å². The summed E-state index contributed by atoms with van der Waals surface area (Å²) in [5.41, 5.74) is 2.96. The molecule has 2 aromatic rings. The van der Waals surface area contributed by atoms with Crippen LogP contribution in [0, 0.1) is 6.92 Å². The molecule has 0 aliphatic carbocycles. The number of rotatable bonds is 1. The number of thiophene rings is 1. The molecular weight excluding hydrogens is 226 g/mol. The first-order valence-corrected chi connectivity index (χ1v) is 7.33. The predicted octanol–water partition coefficient (Wildman–Crippen LogP) is 4.07. The number of benzene rings is 1. The van der Waals surface area contributed by atoms with Gasteiger partial charge in [0.15, 0.2) is 0 Å². The number of aryl methyl sites for hydroxylation is 1. The Kier molecular flexibility index (Phi) is 2.93. The molecule has 1 N–H and O–H groups in total. The van der Waals surface area contributed by atoms with Crippen LogP contribution in [-0.2, 0) is 0 Å². The van der Waals surface area contributed by atoms with Crippen LogP contribution in [0.1, 0.15) is 36.8 Å². The van der Waals surface area contributed by atoms with Crippen LogP contribution in [0.3, 0.4) is 0 Å². The van der Waals surface area contributed by atoms with Crippen molar-refractivity contribution in [2.24, 2.45) is 0 Å². The first-order chi connectivity index (χ1) is 8.24. The van der Waals surface area contributed by atoms with Crippen molar-refractivity contribution in [2.75, 3.05) is 6.54 Å². The lowest BCUT2D eigenvalue weighted by molar-refractivity contribution is 0.381. The number of hydrogen-bond acceptors (Lipinski definition) is 2. The van der Waals surface area contributed by atoms with Crippen molar-refractivity contribution in [3.05, 3.63) is 34.7 Å². The van der Waals surface area contributed by atoms with E-state index in [-0.39, 0.29) is 0 Å². The summed E-state index contributed by atoms with van der Waals surface area (Å²) >= 11 is 1.86. The van der Waals surface area contributed by atoms with Crippen LogP contribution in [0.2, 0.25) is 0 Å². The van der Waals surface area contributed by atoms with Gasteiger partial charge in [-0.1, -0.05) is 6.07 Å². The molecule has 1 aromatic carbocycles. The largest absolute Gasteiger partial charge is 0.314 e. The molecule has 1 aliphatic heterocycles. The number of nitrogens with one attached hydrogen (secondary N) is 1. The van der Waals surface area contributed by atoms with E-state index >= 15 is 0 Å². The van der Waals surface area contributed by atoms with Gasteiger partial charge in [0.1, 0.15) is 0 Å². The van der Waals surface area contributed by atoms with Crippen LogP contribution in [0.5, 0.6) is 0 Å². The molecule has 1 aromatic heterocycles. The highest BCUT2D eigenvalue weighted by Crippen LogP contribution is 2.32. The Bertz CT molecular complexity index is 529. The van der Waals surface area contributed by atoms with E-state index in [0.717, 1.165) is 12.5 Å². The highest BCUT2D eigenvalue weighted by molar-refractivity contribution is 7.17. The summed E-state index contributed by atoms with van der Waals surface area (Å²) < 4.78 is 1.42. The summed E-state index contributed by atoms with van der Waals surface area (Å²) in [6.45, 7) is 5.67. The second kappa shape index (κ2) is 4.43. The van der Waals surface area contributed by atoms with Crippen LogP contribution < -0.4 is 5.32 Å². The van der Waals surface area contributed by atoms with Crippen molar-refractivity contribution < 1.29 is 0 Å². The van der Waals surface area contributed by atoms with Crippen LogP contribution >= 0.6 is 11.3 Å². The molecule has 1 nitrogen and oxygen atoms in total. The van der Waals surface area contributed by atoms with Gasteiger partial charge in [0.2, 0.25) is 0 Å². The third kappa shape index (κ3) is 2.12. The Morgan fingerprint density at radius 3 is 3.06 bits per heavy atom. The minimum absolute atomic E-state index is 0.660. The van der Waals surface area contributed by atoms with Gasteiger partial charge in [-0.25, -0.2) is 0 Å². The maximum Gasteiger partial charge on any atom is 0.0345 e. The van der Waals surface area contributed by atoms with Crippen molar-refractivity contribution in [2.45, 2.75) is 38.6 Å². The SMILES string of the molecule is Cc1csc2ccc(C3CCNC(C)C3)cc12. The molecule has 2 atom stereocenters. The monoisotopic (exact) mass is 245 g/mol. The zero-order valence-corrected chi connectivity index (χ0v) is 11.3. The first-order valence-electron chi connectivity index (χ1n) is 6.45. The van der Waals surface area contributed by atoms with E-state index < -0.39 is 0 Å². The number of hydrogen-bond donors (Lipinski definition) is 1. The van der Waals surface area contributed by atoms with Gasteiger partial charge in [-0.15, -0.1) is 11.3 Å². The van der Waals surface area contributed by atoms with Crippen molar-refractivity contribution >= 4 is 21.4 Å². The third-order valence-electron chi connectivity index (χ3n) is 3.89. The highest BCUT2D eigenvalue weighted by atomic mass is 32.1. The van der Waals surface area contributed by atoms with Crippen LogP contribution in [-0.4, -0.2) is 12.6 Å². The second-order valence-electron chi connectivity index (χ2n) is 5.25. The van der Waals surface area contributed by atoms with E-state index in [1.54, 1.807) is 0 Å². The van der Waals surface area contributed by atoms with Gasteiger partial charge in [0.05, 0.1) is 0 Å². The van der Waals surface area contributed by atoms with Gasteiger partial charge >= 0.3 is 0 Å². The lowest BCUT2D eigenvalue weighted by Crippen LogP contribution is -2.34. The number of piperidine rings is 1. The van der Waals surface area contributed by atoms with Crippen molar-refractivity contribution in [1.82, 2.24) is 5.32 Å². The van der Waals surface area contributed by atoms with Crippen molar-refractivity contribution in [3.8, 4) is 0 Å². The topological polar surface area (TPSA) is 12.0 Å². The van der Waals surface area contributed by atoms with Crippen molar-refractivity contribution in [3.63, 3.8) is 0 Å². The molecule has 1 aliphatic rings. The van der Waals surface area contributed by atoms with E-state index in [2.05, 4.69) is 42.7 Å². The minimum Gasteiger partial charge on any atom is -0.314 e. The third-order valence-corrected chi connectivity index (χ3v) is 4.97. The molecule has 0 bridgehead atoms. The lowest BCUT2D eigenvalue weighted by atomic mass is 9.86. The number of fused-ring (bicyclic) bond motifs is 1. The van der Waals surface area contributed by atoms with E-state index in [9.17, 15) is 0 Å². The summed E-state index contributed by atoms with van der Waals surface area (Å²) in [6.07, 6.45) is 2.55. The van der Waals surface area contributed by atoms with Crippen LogP contribution in [0.15, 0.2) is 23.6 Å². The molecule has 2 unspecified atom stereocenters. The van der Waals surface area contributed by atoms with Gasteiger partial charge in [-0.05, 0) is 73.2 Å². The maximum absolute atomic E-state index is 3.53. The molecular formula is C15H19NS. The molecule has 2 heteroatoms. The fourth-order valence-corrected chi connectivity index (χ4v) is 3.79. The molecule has 3 rings (SSSR count).